The maximum absolute atomic E-state index is 13.0. The average Bonchev–Trinajstić information content (AvgIpc) is 2.51. The first kappa shape index (κ1) is 24.4. The van der Waals surface area contributed by atoms with Crippen molar-refractivity contribution >= 4 is 6.04 Å². The third kappa shape index (κ3) is 11.6. The summed E-state index contributed by atoms with van der Waals surface area (Å²) in [7, 11) is 0. The summed E-state index contributed by atoms with van der Waals surface area (Å²) >= 11 is 0. The SMILES string of the molecule is CCCOCCOCCOCCOC(C)C(C)(C)OC(C)(C)C(=O)F. The van der Waals surface area contributed by atoms with Crippen molar-refractivity contribution in [1.82, 2.24) is 0 Å². The van der Waals surface area contributed by atoms with Crippen LogP contribution in [-0.2, 0) is 28.5 Å². The number of ether oxygens (including phenoxy) is 5. The summed E-state index contributed by atoms with van der Waals surface area (Å²) in [6, 6.07) is -1.50. The molecule has 0 heterocycles. The Hall–Kier alpha value is -0.600. The summed E-state index contributed by atoms with van der Waals surface area (Å²) in [5.41, 5.74) is -2.30. The molecule has 1 unspecified atom stereocenters. The molecule has 25 heavy (non-hydrogen) atoms. The summed E-state index contributed by atoms with van der Waals surface area (Å²) in [5, 5.41) is 0. The molecular weight excluding hydrogens is 331 g/mol. The summed E-state index contributed by atoms with van der Waals surface area (Å²) < 4.78 is 40.3. The van der Waals surface area contributed by atoms with Gasteiger partial charge < -0.3 is 23.7 Å². The largest absolute Gasteiger partial charge is 0.379 e. The van der Waals surface area contributed by atoms with Crippen LogP contribution in [-0.4, -0.2) is 69.6 Å². The van der Waals surface area contributed by atoms with Gasteiger partial charge in [-0.2, -0.15) is 4.39 Å². The van der Waals surface area contributed by atoms with E-state index in [0.29, 0.717) is 39.6 Å². The second-order valence-corrected chi connectivity index (χ2v) is 6.84. The molecule has 0 aliphatic carbocycles. The number of hydrogen-bond acceptors (Lipinski definition) is 6. The van der Waals surface area contributed by atoms with Crippen molar-refractivity contribution in [3.05, 3.63) is 0 Å². The van der Waals surface area contributed by atoms with Crippen LogP contribution in [0.25, 0.3) is 0 Å². The van der Waals surface area contributed by atoms with Gasteiger partial charge in [-0.15, -0.1) is 0 Å². The molecule has 0 aliphatic rings. The highest BCUT2D eigenvalue weighted by Crippen LogP contribution is 2.26. The molecule has 7 heteroatoms. The van der Waals surface area contributed by atoms with Crippen LogP contribution in [0.4, 0.5) is 4.39 Å². The number of carbonyl (C=O) groups is 1. The van der Waals surface area contributed by atoms with Gasteiger partial charge in [-0.05, 0) is 41.0 Å². The van der Waals surface area contributed by atoms with Gasteiger partial charge in [0.15, 0.2) is 5.60 Å². The maximum atomic E-state index is 13.0. The quantitative estimate of drug-likeness (QED) is 0.309. The molecule has 0 amide bonds. The van der Waals surface area contributed by atoms with Gasteiger partial charge >= 0.3 is 6.04 Å². The normalized spacial score (nSPS) is 13.9. The zero-order valence-electron chi connectivity index (χ0n) is 16.6. The number of carbonyl (C=O) groups excluding carboxylic acids is 1. The Labute approximate surface area is 151 Å². The van der Waals surface area contributed by atoms with E-state index in [2.05, 4.69) is 6.92 Å². The molecule has 0 aromatic rings. The molecule has 0 fully saturated rings. The molecule has 6 nitrogen and oxygen atoms in total. The van der Waals surface area contributed by atoms with Crippen LogP contribution in [0.5, 0.6) is 0 Å². The predicted octanol–water partition coefficient (Wildman–Crippen LogP) is 2.92. The van der Waals surface area contributed by atoms with Crippen molar-refractivity contribution in [2.24, 2.45) is 0 Å². The van der Waals surface area contributed by atoms with E-state index in [-0.39, 0.29) is 6.10 Å². The Balaban J connectivity index is 3.75. The fourth-order valence-electron chi connectivity index (χ4n) is 1.95. The number of hydrogen-bond donors (Lipinski definition) is 0. The van der Waals surface area contributed by atoms with Crippen molar-refractivity contribution in [1.29, 1.82) is 0 Å². The van der Waals surface area contributed by atoms with E-state index in [9.17, 15) is 9.18 Å². The first-order chi connectivity index (χ1) is 11.6. The van der Waals surface area contributed by atoms with Gasteiger partial charge in [-0.1, -0.05) is 6.92 Å². The van der Waals surface area contributed by atoms with E-state index in [1.807, 2.05) is 6.92 Å². The summed E-state index contributed by atoms with van der Waals surface area (Å²) in [6.45, 7) is 13.9. The highest BCUT2D eigenvalue weighted by molar-refractivity contribution is 5.77. The van der Waals surface area contributed by atoms with Crippen LogP contribution in [0.1, 0.15) is 48.0 Å². The van der Waals surface area contributed by atoms with Gasteiger partial charge in [-0.25, -0.2) is 0 Å². The zero-order chi connectivity index (χ0) is 19.3. The molecule has 0 bridgehead atoms. The zero-order valence-corrected chi connectivity index (χ0v) is 16.6. The molecule has 0 radical (unpaired) electrons. The Morgan fingerprint density at radius 1 is 0.880 bits per heavy atom. The van der Waals surface area contributed by atoms with Crippen LogP contribution in [0.15, 0.2) is 0 Å². The molecular formula is C18H35FO6. The summed E-state index contributed by atoms with van der Waals surface area (Å²) in [6.07, 6.45) is 0.673. The fourth-order valence-corrected chi connectivity index (χ4v) is 1.95. The molecule has 1 atom stereocenters. The van der Waals surface area contributed by atoms with E-state index in [0.717, 1.165) is 13.0 Å². The van der Waals surface area contributed by atoms with E-state index in [1.165, 1.54) is 13.8 Å². The molecule has 0 saturated heterocycles. The molecule has 0 rings (SSSR count). The lowest BCUT2D eigenvalue weighted by Gasteiger charge is -2.37. The molecule has 0 aromatic carbocycles. The van der Waals surface area contributed by atoms with E-state index < -0.39 is 17.2 Å². The van der Waals surface area contributed by atoms with E-state index in [1.54, 1.807) is 13.8 Å². The van der Waals surface area contributed by atoms with E-state index in [4.69, 9.17) is 23.7 Å². The second-order valence-electron chi connectivity index (χ2n) is 6.84. The standard InChI is InChI=1S/C18H35FO6/c1-7-8-21-9-10-22-11-12-23-13-14-24-15(2)17(3,4)25-18(5,6)16(19)20/h15H,7-14H2,1-6H3. The monoisotopic (exact) mass is 366 g/mol. The van der Waals surface area contributed by atoms with Crippen LogP contribution in [0.3, 0.4) is 0 Å². The molecule has 0 N–H and O–H groups in total. The van der Waals surface area contributed by atoms with Crippen molar-refractivity contribution in [3.63, 3.8) is 0 Å². The van der Waals surface area contributed by atoms with Crippen molar-refractivity contribution in [2.45, 2.75) is 65.3 Å². The van der Waals surface area contributed by atoms with Gasteiger partial charge in [0.05, 0.1) is 51.3 Å². The predicted molar refractivity (Wildman–Crippen MR) is 93.5 cm³/mol. The minimum atomic E-state index is -1.50. The van der Waals surface area contributed by atoms with Crippen LogP contribution >= 0.6 is 0 Å². The molecule has 0 aromatic heterocycles. The highest BCUT2D eigenvalue weighted by Gasteiger charge is 2.39. The lowest BCUT2D eigenvalue weighted by atomic mass is 10.0. The topological polar surface area (TPSA) is 63.2 Å². The fraction of sp³-hybridized carbons (Fsp3) is 0.944. The maximum Gasteiger partial charge on any atom is 0.332 e. The first-order valence-corrected chi connectivity index (χ1v) is 8.88. The van der Waals surface area contributed by atoms with Gasteiger partial charge in [-0.3, -0.25) is 4.79 Å². The minimum absolute atomic E-state index is 0.332. The van der Waals surface area contributed by atoms with Crippen molar-refractivity contribution in [3.8, 4) is 0 Å². The van der Waals surface area contributed by atoms with Crippen molar-refractivity contribution < 1.29 is 32.9 Å². The smallest absolute Gasteiger partial charge is 0.332 e. The highest BCUT2D eigenvalue weighted by atomic mass is 19.1. The minimum Gasteiger partial charge on any atom is -0.379 e. The first-order valence-electron chi connectivity index (χ1n) is 8.88. The van der Waals surface area contributed by atoms with Gasteiger partial charge in [0.2, 0.25) is 0 Å². The van der Waals surface area contributed by atoms with Gasteiger partial charge in [0.1, 0.15) is 0 Å². The number of halogens is 1. The molecule has 0 aliphatic heterocycles. The van der Waals surface area contributed by atoms with Gasteiger partial charge in [0.25, 0.3) is 0 Å². The Kier molecular flexibility index (Phi) is 12.4. The van der Waals surface area contributed by atoms with Crippen LogP contribution < -0.4 is 0 Å². The average molecular weight is 366 g/mol. The third-order valence-electron chi connectivity index (χ3n) is 3.66. The number of rotatable bonds is 16. The van der Waals surface area contributed by atoms with E-state index >= 15 is 0 Å². The molecule has 0 spiro atoms. The molecule has 0 saturated carbocycles. The lowest BCUT2D eigenvalue weighted by molar-refractivity contribution is -0.196. The van der Waals surface area contributed by atoms with Crippen LogP contribution in [0, 0.1) is 0 Å². The summed E-state index contributed by atoms with van der Waals surface area (Å²) in [5.74, 6) is 0. The Bertz CT molecular complexity index is 359. The van der Waals surface area contributed by atoms with Gasteiger partial charge in [0, 0.05) is 6.61 Å². The van der Waals surface area contributed by atoms with Crippen LogP contribution in [0.2, 0.25) is 0 Å². The Morgan fingerprint density at radius 3 is 1.76 bits per heavy atom. The second kappa shape index (κ2) is 12.7. The lowest BCUT2D eigenvalue weighted by Crippen LogP contribution is -2.48. The Morgan fingerprint density at radius 2 is 1.32 bits per heavy atom. The summed E-state index contributed by atoms with van der Waals surface area (Å²) in [4.78, 5) is 11.0. The molecule has 150 valence electrons. The third-order valence-corrected chi connectivity index (χ3v) is 3.66. The van der Waals surface area contributed by atoms with Crippen molar-refractivity contribution in [2.75, 3.05) is 46.2 Å².